The molecule has 0 spiro atoms. The minimum absolute atomic E-state index is 0.0425. The highest BCUT2D eigenvalue weighted by molar-refractivity contribution is 5.95. The van der Waals surface area contributed by atoms with E-state index in [0.29, 0.717) is 23.6 Å². The summed E-state index contributed by atoms with van der Waals surface area (Å²) >= 11 is 0. The molecular formula is C26H34N4O5. The molecule has 0 aromatic heterocycles. The Labute approximate surface area is 205 Å². The number of nitrogens with one attached hydrogen (secondary N) is 3. The standard InChI is InChI=1S/C26H34N4O5/c1-4-13-28-26(34)24(17(2)3)30-25(33)21(16-22(27)31)29-23(32)15-18-9-8-12-20(14-18)35-19-10-6-5-7-11-19/h5-12,14,17,21,24H,4,13,15-16H2,1-3H3,(H2,27,31)(H,28,34)(H,29,32)(H,30,33)/t21-,24-/m0/s1. The monoisotopic (exact) mass is 482 g/mol. The summed E-state index contributed by atoms with van der Waals surface area (Å²) < 4.78 is 5.79. The molecule has 0 fully saturated rings. The van der Waals surface area contributed by atoms with Crippen LogP contribution in [0.15, 0.2) is 54.6 Å². The number of nitrogens with two attached hydrogens (primary N) is 1. The van der Waals surface area contributed by atoms with Crippen molar-refractivity contribution < 1.29 is 23.9 Å². The number of benzene rings is 2. The molecule has 0 saturated heterocycles. The maximum Gasteiger partial charge on any atom is 0.243 e. The zero-order valence-corrected chi connectivity index (χ0v) is 20.4. The lowest BCUT2D eigenvalue weighted by molar-refractivity contribution is -0.134. The molecule has 0 unspecified atom stereocenters. The number of hydrogen-bond acceptors (Lipinski definition) is 5. The van der Waals surface area contributed by atoms with Crippen molar-refractivity contribution in [2.45, 2.75) is 52.1 Å². The number of carbonyl (C=O) groups excluding carboxylic acids is 4. The van der Waals surface area contributed by atoms with Crippen molar-refractivity contribution in [3.8, 4) is 11.5 Å². The predicted octanol–water partition coefficient (Wildman–Crippen LogP) is 2.05. The van der Waals surface area contributed by atoms with E-state index < -0.39 is 36.2 Å². The molecule has 5 N–H and O–H groups in total. The summed E-state index contributed by atoms with van der Waals surface area (Å²) in [5.41, 5.74) is 5.96. The minimum Gasteiger partial charge on any atom is -0.457 e. The molecule has 4 amide bonds. The molecule has 2 atom stereocenters. The van der Waals surface area contributed by atoms with Crippen molar-refractivity contribution in [2.75, 3.05) is 6.54 Å². The Morgan fingerprint density at radius 2 is 1.60 bits per heavy atom. The topological polar surface area (TPSA) is 140 Å². The number of primary amides is 1. The molecule has 0 heterocycles. The highest BCUT2D eigenvalue weighted by Crippen LogP contribution is 2.22. The molecule has 9 nitrogen and oxygen atoms in total. The van der Waals surface area contributed by atoms with Crippen molar-refractivity contribution >= 4 is 23.6 Å². The Bertz CT molecular complexity index is 1010. The van der Waals surface area contributed by atoms with Crippen LogP contribution in [-0.2, 0) is 25.6 Å². The molecule has 0 bridgehead atoms. The van der Waals surface area contributed by atoms with E-state index in [0.717, 1.165) is 6.42 Å². The summed E-state index contributed by atoms with van der Waals surface area (Å²) in [6.45, 7) is 5.99. The van der Waals surface area contributed by atoms with Crippen LogP contribution in [0.3, 0.4) is 0 Å². The van der Waals surface area contributed by atoms with Crippen molar-refractivity contribution in [1.29, 1.82) is 0 Å². The van der Waals surface area contributed by atoms with Crippen LogP contribution in [0.5, 0.6) is 11.5 Å². The maximum absolute atomic E-state index is 12.9. The Balaban J connectivity index is 2.05. The van der Waals surface area contributed by atoms with Crippen LogP contribution < -0.4 is 26.4 Å². The molecule has 0 radical (unpaired) electrons. The van der Waals surface area contributed by atoms with Gasteiger partial charge in [0.2, 0.25) is 23.6 Å². The van der Waals surface area contributed by atoms with Crippen molar-refractivity contribution in [3.63, 3.8) is 0 Å². The highest BCUT2D eigenvalue weighted by atomic mass is 16.5. The van der Waals surface area contributed by atoms with E-state index in [-0.39, 0.29) is 18.2 Å². The fourth-order valence-corrected chi connectivity index (χ4v) is 3.33. The average molecular weight is 483 g/mol. The Morgan fingerprint density at radius 1 is 0.914 bits per heavy atom. The molecule has 0 aliphatic carbocycles. The van der Waals surface area contributed by atoms with E-state index in [1.54, 1.807) is 38.1 Å². The van der Waals surface area contributed by atoms with E-state index in [2.05, 4.69) is 16.0 Å². The number of hydrogen-bond donors (Lipinski definition) is 4. The first kappa shape index (κ1) is 27.4. The van der Waals surface area contributed by atoms with Crippen LogP contribution >= 0.6 is 0 Å². The third kappa shape index (κ3) is 9.48. The smallest absolute Gasteiger partial charge is 0.243 e. The Morgan fingerprint density at radius 3 is 2.23 bits per heavy atom. The molecule has 9 heteroatoms. The zero-order valence-electron chi connectivity index (χ0n) is 20.4. The van der Waals surface area contributed by atoms with Gasteiger partial charge in [-0.2, -0.15) is 0 Å². The van der Waals surface area contributed by atoms with Crippen LogP contribution in [0.4, 0.5) is 0 Å². The summed E-state index contributed by atoms with van der Waals surface area (Å²) in [4.78, 5) is 49.6. The fourth-order valence-electron chi connectivity index (χ4n) is 3.33. The number of para-hydroxylation sites is 1. The van der Waals surface area contributed by atoms with Crippen molar-refractivity contribution in [2.24, 2.45) is 11.7 Å². The molecule has 0 aliphatic heterocycles. The van der Waals surface area contributed by atoms with Gasteiger partial charge in [0.25, 0.3) is 0 Å². The molecule has 2 aromatic carbocycles. The first-order valence-electron chi connectivity index (χ1n) is 11.7. The lowest BCUT2D eigenvalue weighted by Crippen LogP contribution is -2.56. The number of ether oxygens (including phenoxy) is 1. The van der Waals surface area contributed by atoms with E-state index >= 15 is 0 Å². The summed E-state index contributed by atoms with van der Waals surface area (Å²) in [6, 6.07) is 14.2. The number of rotatable bonds is 13. The maximum atomic E-state index is 12.9. The van der Waals surface area contributed by atoms with Crippen LogP contribution in [0, 0.1) is 5.92 Å². The van der Waals surface area contributed by atoms with Gasteiger partial charge < -0.3 is 26.4 Å². The normalized spacial score (nSPS) is 12.3. The third-order valence-corrected chi connectivity index (χ3v) is 5.10. The second-order valence-corrected chi connectivity index (χ2v) is 8.55. The molecular weight excluding hydrogens is 448 g/mol. The van der Waals surface area contributed by atoms with Gasteiger partial charge in [0.15, 0.2) is 0 Å². The number of amides is 4. The van der Waals surface area contributed by atoms with E-state index in [1.165, 1.54) is 0 Å². The van der Waals surface area contributed by atoms with Crippen LogP contribution in [-0.4, -0.2) is 42.3 Å². The van der Waals surface area contributed by atoms with Gasteiger partial charge in [-0.25, -0.2) is 0 Å². The lowest BCUT2D eigenvalue weighted by atomic mass is 10.0. The van der Waals surface area contributed by atoms with Crippen LogP contribution in [0.25, 0.3) is 0 Å². The summed E-state index contributed by atoms with van der Waals surface area (Å²) in [6.07, 6.45) is 0.317. The van der Waals surface area contributed by atoms with Gasteiger partial charge in [0, 0.05) is 6.54 Å². The molecule has 188 valence electrons. The van der Waals surface area contributed by atoms with Gasteiger partial charge in [0.05, 0.1) is 12.8 Å². The second-order valence-electron chi connectivity index (χ2n) is 8.55. The van der Waals surface area contributed by atoms with Crippen LogP contribution in [0.2, 0.25) is 0 Å². The zero-order chi connectivity index (χ0) is 25.8. The molecule has 0 saturated carbocycles. The van der Waals surface area contributed by atoms with Gasteiger partial charge in [-0.3, -0.25) is 19.2 Å². The summed E-state index contributed by atoms with van der Waals surface area (Å²) in [5, 5.41) is 7.96. The Hall–Kier alpha value is -3.88. The van der Waals surface area contributed by atoms with Gasteiger partial charge in [-0.05, 0) is 42.2 Å². The predicted molar refractivity (Wildman–Crippen MR) is 132 cm³/mol. The molecule has 2 aromatic rings. The van der Waals surface area contributed by atoms with Crippen molar-refractivity contribution in [1.82, 2.24) is 16.0 Å². The molecule has 35 heavy (non-hydrogen) atoms. The second kappa shape index (κ2) is 13.7. The average Bonchev–Trinajstić information content (AvgIpc) is 2.80. The Kier molecular flexibility index (Phi) is 10.7. The van der Waals surface area contributed by atoms with E-state index in [1.807, 2.05) is 37.3 Å². The van der Waals surface area contributed by atoms with Crippen molar-refractivity contribution in [3.05, 3.63) is 60.2 Å². The number of carbonyl (C=O) groups is 4. The molecule has 0 aliphatic rings. The van der Waals surface area contributed by atoms with E-state index in [9.17, 15) is 19.2 Å². The summed E-state index contributed by atoms with van der Waals surface area (Å²) in [5.74, 6) is -1.17. The third-order valence-electron chi connectivity index (χ3n) is 5.10. The lowest BCUT2D eigenvalue weighted by Gasteiger charge is -2.25. The van der Waals surface area contributed by atoms with Gasteiger partial charge >= 0.3 is 0 Å². The highest BCUT2D eigenvalue weighted by Gasteiger charge is 2.29. The SMILES string of the molecule is CCCNC(=O)[C@@H](NC(=O)[C@H](CC(N)=O)NC(=O)Cc1cccc(Oc2ccccc2)c1)C(C)C. The minimum atomic E-state index is -1.20. The summed E-state index contributed by atoms with van der Waals surface area (Å²) in [7, 11) is 0. The van der Waals surface area contributed by atoms with Gasteiger partial charge in [0.1, 0.15) is 23.6 Å². The van der Waals surface area contributed by atoms with Crippen LogP contribution in [0.1, 0.15) is 39.2 Å². The van der Waals surface area contributed by atoms with Gasteiger partial charge in [-0.15, -0.1) is 0 Å². The largest absolute Gasteiger partial charge is 0.457 e. The quantitative estimate of drug-likeness (QED) is 0.346. The molecule has 2 rings (SSSR count). The fraction of sp³-hybridized carbons (Fsp3) is 0.385. The van der Waals surface area contributed by atoms with Gasteiger partial charge in [-0.1, -0.05) is 51.1 Å². The first-order chi connectivity index (χ1) is 16.7. The first-order valence-corrected chi connectivity index (χ1v) is 11.7. The van der Waals surface area contributed by atoms with E-state index in [4.69, 9.17) is 10.5 Å².